The lowest BCUT2D eigenvalue weighted by atomic mass is 10.1. The molecule has 0 amide bonds. The molecule has 0 atom stereocenters. The van der Waals surface area contributed by atoms with E-state index < -0.39 is 0 Å². The van der Waals surface area contributed by atoms with E-state index in [9.17, 15) is 0 Å². The van der Waals surface area contributed by atoms with Crippen molar-refractivity contribution in [2.75, 3.05) is 18.4 Å². The Morgan fingerprint density at radius 1 is 1.24 bits per heavy atom. The van der Waals surface area contributed by atoms with Crippen molar-refractivity contribution in [1.29, 1.82) is 0 Å². The topological polar surface area (TPSA) is 46.2 Å². The Bertz CT molecular complexity index is 601. The Morgan fingerprint density at radius 2 is 2.05 bits per heavy atom. The molecule has 112 valence electrons. The van der Waals surface area contributed by atoms with Crippen LogP contribution >= 0.6 is 0 Å². The fourth-order valence-corrected chi connectivity index (χ4v) is 2.79. The smallest absolute Gasteiger partial charge is 0.223 e. The number of nitrogens with one attached hydrogen (secondary N) is 2. The van der Waals surface area contributed by atoms with E-state index in [4.69, 9.17) is 4.74 Å². The van der Waals surface area contributed by atoms with Crippen LogP contribution in [0.15, 0.2) is 30.5 Å². The number of fused-ring (bicyclic) bond motifs is 1. The highest BCUT2D eigenvalue weighted by atomic mass is 16.5. The number of anilines is 1. The van der Waals surface area contributed by atoms with Gasteiger partial charge in [-0.1, -0.05) is 12.1 Å². The van der Waals surface area contributed by atoms with Gasteiger partial charge in [0.15, 0.2) is 0 Å². The minimum atomic E-state index is 0.261. The quantitative estimate of drug-likeness (QED) is 0.905. The molecule has 21 heavy (non-hydrogen) atoms. The largest absolute Gasteiger partial charge is 0.474 e. The van der Waals surface area contributed by atoms with Crippen LogP contribution in [0.25, 0.3) is 10.8 Å². The van der Waals surface area contributed by atoms with Gasteiger partial charge in [0.2, 0.25) is 5.88 Å². The van der Waals surface area contributed by atoms with Crippen molar-refractivity contribution in [1.82, 2.24) is 10.3 Å². The van der Waals surface area contributed by atoms with Crippen LogP contribution in [-0.4, -0.2) is 30.2 Å². The second-order valence-corrected chi connectivity index (χ2v) is 5.89. The van der Waals surface area contributed by atoms with Gasteiger partial charge in [-0.25, -0.2) is 4.98 Å². The molecule has 2 aromatic rings. The van der Waals surface area contributed by atoms with Gasteiger partial charge in [-0.15, -0.1) is 0 Å². The molecule has 0 radical (unpaired) electrons. The molecule has 1 aliphatic heterocycles. The van der Waals surface area contributed by atoms with Crippen molar-refractivity contribution in [3.63, 3.8) is 0 Å². The van der Waals surface area contributed by atoms with Crippen molar-refractivity contribution < 1.29 is 4.74 Å². The monoisotopic (exact) mass is 285 g/mol. The molecule has 0 saturated carbocycles. The number of ether oxygens (including phenoxy) is 1. The van der Waals surface area contributed by atoms with E-state index in [1.807, 2.05) is 12.3 Å². The predicted octanol–water partition coefficient (Wildman–Crippen LogP) is 3.19. The third-order valence-corrected chi connectivity index (χ3v) is 3.77. The maximum atomic E-state index is 6.20. The fraction of sp³-hybridized carbons (Fsp3) is 0.471. The Hall–Kier alpha value is -1.81. The van der Waals surface area contributed by atoms with Gasteiger partial charge >= 0.3 is 0 Å². The Labute approximate surface area is 125 Å². The number of benzene rings is 1. The summed E-state index contributed by atoms with van der Waals surface area (Å²) in [6.07, 6.45) is 4.17. The van der Waals surface area contributed by atoms with E-state index in [0.717, 1.165) is 42.9 Å². The third-order valence-electron chi connectivity index (χ3n) is 3.77. The molecule has 1 aliphatic rings. The van der Waals surface area contributed by atoms with Crippen LogP contribution in [0.2, 0.25) is 0 Å². The fourth-order valence-electron chi connectivity index (χ4n) is 2.79. The van der Waals surface area contributed by atoms with Crippen molar-refractivity contribution in [3.05, 3.63) is 30.5 Å². The number of hydrogen-bond donors (Lipinski definition) is 2. The van der Waals surface area contributed by atoms with Crippen molar-refractivity contribution in [2.45, 2.75) is 38.8 Å². The highest BCUT2D eigenvalue weighted by Crippen LogP contribution is 2.32. The van der Waals surface area contributed by atoms with Crippen LogP contribution in [0.4, 0.5) is 5.69 Å². The van der Waals surface area contributed by atoms with Crippen LogP contribution < -0.4 is 15.4 Å². The summed E-state index contributed by atoms with van der Waals surface area (Å²) in [6.45, 7) is 6.32. The lowest BCUT2D eigenvalue weighted by molar-refractivity contribution is 0.158. The van der Waals surface area contributed by atoms with Gasteiger partial charge < -0.3 is 15.4 Å². The maximum Gasteiger partial charge on any atom is 0.223 e. The van der Waals surface area contributed by atoms with E-state index >= 15 is 0 Å². The lowest BCUT2D eigenvalue weighted by Gasteiger charge is -2.24. The number of aromatic nitrogens is 1. The Balaban J connectivity index is 1.96. The molecular formula is C17H23N3O. The lowest BCUT2D eigenvalue weighted by Crippen LogP contribution is -2.34. The molecule has 4 nitrogen and oxygen atoms in total. The first kappa shape index (κ1) is 14.1. The molecule has 1 saturated heterocycles. The molecule has 4 heteroatoms. The Morgan fingerprint density at radius 3 is 2.81 bits per heavy atom. The molecule has 0 aliphatic carbocycles. The van der Waals surface area contributed by atoms with Crippen molar-refractivity contribution in [2.24, 2.45) is 0 Å². The van der Waals surface area contributed by atoms with Gasteiger partial charge in [0.1, 0.15) is 6.10 Å². The van der Waals surface area contributed by atoms with Gasteiger partial charge in [-0.3, -0.25) is 0 Å². The van der Waals surface area contributed by atoms with Gasteiger partial charge in [-0.2, -0.15) is 0 Å². The summed E-state index contributed by atoms with van der Waals surface area (Å²) in [4.78, 5) is 4.49. The first-order valence-electron chi connectivity index (χ1n) is 7.75. The number of rotatable bonds is 4. The van der Waals surface area contributed by atoms with Gasteiger partial charge in [0.05, 0.1) is 5.39 Å². The van der Waals surface area contributed by atoms with Crippen LogP contribution in [0.5, 0.6) is 5.88 Å². The van der Waals surface area contributed by atoms with Crippen LogP contribution in [0.3, 0.4) is 0 Å². The summed E-state index contributed by atoms with van der Waals surface area (Å²) in [5.41, 5.74) is 1.10. The van der Waals surface area contributed by atoms with Crippen LogP contribution in [0, 0.1) is 0 Å². The summed E-state index contributed by atoms with van der Waals surface area (Å²) in [6, 6.07) is 8.69. The number of pyridine rings is 1. The molecule has 3 rings (SSSR count). The second-order valence-electron chi connectivity index (χ2n) is 5.89. The molecule has 1 aromatic heterocycles. The molecule has 0 unspecified atom stereocenters. The summed E-state index contributed by atoms with van der Waals surface area (Å²) < 4.78 is 6.20. The molecule has 0 spiro atoms. The highest BCUT2D eigenvalue weighted by Gasteiger charge is 2.17. The summed E-state index contributed by atoms with van der Waals surface area (Å²) in [7, 11) is 0. The second kappa shape index (κ2) is 6.31. The van der Waals surface area contributed by atoms with E-state index in [0.29, 0.717) is 6.04 Å². The minimum Gasteiger partial charge on any atom is -0.474 e. The zero-order valence-electron chi connectivity index (χ0n) is 12.7. The summed E-state index contributed by atoms with van der Waals surface area (Å²) >= 11 is 0. The molecular weight excluding hydrogens is 262 g/mol. The van der Waals surface area contributed by atoms with E-state index in [1.54, 1.807) is 0 Å². The van der Waals surface area contributed by atoms with Gasteiger partial charge in [0, 0.05) is 17.9 Å². The van der Waals surface area contributed by atoms with Gasteiger partial charge in [-0.05, 0) is 57.3 Å². The standard InChI is InChI=1S/C17H23N3O/c1-12(2)20-15-5-3-4-13-6-11-19-17(16(13)15)21-14-7-9-18-10-8-14/h3-6,11-12,14,18,20H,7-10H2,1-2H3. The van der Waals surface area contributed by atoms with E-state index in [2.05, 4.69) is 47.7 Å². The number of nitrogens with zero attached hydrogens (tertiary/aromatic N) is 1. The zero-order valence-corrected chi connectivity index (χ0v) is 12.7. The first-order valence-corrected chi connectivity index (χ1v) is 7.75. The zero-order chi connectivity index (χ0) is 14.7. The molecule has 0 bridgehead atoms. The number of piperidine rings is 1. The number of hydrogen-bond acceptors (Lipinski definition) is 4. The van der Waals surface area contributed by atoms with Gasteiger partial charge in [0.25, 0.3) is 0 Å². The predicted molar refractivity (Wildman–Crippen MR) is 87.0 cm³/mol. The van der Waals surface area contributed by atoms with E-state index in [-0.39, 0.29) is 6.10 Å². The average molecular weight is 285 g/mol. The molecule has 2 N–H and O–H groups in total. The molecule has 1 aromatic carbocycles. The third kappa shape index (κ3) is 3.27. The average Bonchev–Trinajstić information content (AvgIpc) is 2.48. The van der Waals surface area contributed by atoms with Crippen LogP contribution in [-0.2, 0) is 0 Å². The SMILES string of the molecule is CC(C)Nc1cccc2ccnc(OC3CCNCC3)c12. The Kier molecular flexibility index (Phi) is 4.25. The summed E-state index contributed by atoms with van der Waals surface area (Å²) in [5, 5.41) is 9.11. The minimum absolute atomic E-state index is 0.261. The first-order chi connectivity index (χ1) is 10.2. The summed E-state index contributed by atoms with van der Waals surface area (Å²) in [5.74, 6) is 0.753. The molecule has 2 heterocycles. The maximum absolute atomic E-state index is 6.20. The highest BCUT2D eigenvalue weighted by molar-refractivity contribution is 5.97. The molecule has 1 fully saturated rings. The van der Waals surface area contributed by atoms with Crippen LogP contribution in [0.1, 0.15) is 26.7 Å². The van der Waals surface area contributed by atoms with Crippen molar-refractivity contribution >= 4 is 16.5 Å². The van der Waals surface area contributed by atoms with E-state index in [1.165, 1.54) is 5.39 Å². The van der Waals surface area contributed by atoms with Crippen molar-refractivity contribution in [3.8, 4) is 5.88 Å². The normalized spacial score (nSPS) is 16.3.